The first kappa shape index (κ1) is 30.3. The Hall–Kier alpha value is -5.72. The summed E-state index contributed by atoms with van der Waals surface area (Å²) in [6, 6.07) is 32.8. The molecule has 0 saturated heterocycles. The highest BCUT2D eigenvalue weighted by molar-refractivity contribution is 7.07. The number of esters is 1. The minimum absolute atomic E-state index is 0.166. The molecule has 4 aromatic carbocycles. The first-order valence-electron chi connectivity index (χ1n) is 14.6. The predicted octanol–water partition coefficient (Wildman–Crippen LogP) is 5.39. The van der Waals surface area contributed by atoms with Crippen LogP contribution in [0.5, 0.6) is 11.5 Å². The Labute approximate surface area is 269 Å². The molecule has 0 unspecified atom stereocenters. The van der Waals surface area contributed by atoms with Crippen molar-refractivity contribution in [2.24, 2.45) is 4.99 Å². The highest BCUT2D eigenvalue weighted by Gasteiger charge is 2.35. The molecular formula is C37H29N3O5S. The number of hydrogen-bond donors (Lipinski definition) is 0. The van der Waals surface area contributed by atoms with E-state index < -0.39 is 12.0 Å². The zero-order chi connectivity index (χ0) is 32.0. The van der Waals surface area contributed by atoms with Crippen molar-refractivity contribution < 1.29 is 19.0 Å². The summed E-state index contributed by atoms with van der Waals surface area (Å²) in [7, 11) is 1.58. The van der Waals surface area contributed by atoms with Crippen LogP contribution in [0.4, 0.5) is 0 Å². The molecule has 1 aliphatic rings. The number of hydrogen-bond acceptors (Lipinski definition) is 8. The van der Waals surface area contributed by atoms with Crippen molar-refractivity contribution in [1.82, 2.24) is 4.57 Å². The van der Waals surface area contributed by atoms with Crippen LogP contribution < -0.4 is 24.4 Å². The second-order valence-electron chi connectivity index (χ2n) is 10.3. The normalized spacial score (nSPS) is 14.2. The van der Waals surface area contributed by atoms with Gasteiger partial charge in [0.2, 0.25) is 0 Å². The quantitative estimate of drug-likeness (QED) is 0.203. The Bertz CT molecular complexity index is 2160. The van der Waals surface area contributed by atoms with Crippen LogP contribution >= 0.6 is 11.3 Å². The Morgan fingerprint density at radius 1 is 0.978 bits per heavy atom. The Balaban J connectivity index is 1.52. The molecule has 9 heteroatoms. The Morgan fingerprint density at radius 3 is 2.43 bits per heavy atom. The van der Waals surface area contributed by atoms with Gasteiger partial charge in [-0.05, 0) is 42.8 Å². The molecule has 6 rings (SSSR count). The van der Waals surface area contributed by atoms with Gasteiger partial charge in [-0.15, -0.1) is 0 Å². The van der Waals surface area contributed by atoms with Gasteiger partial charge >= 0.3 is 5.97 Å². The van der Waals surface area contributed by atoms with Gasteiger partial charge in [0.15, 0.2) is 4.80 Å². The maximum atomic E-state index is 14.3. The number of carbonyl (C=O) groups is 1. The van der Waals surface area contributed by atoms with Crippen LogP contribution in [0.15, 0.2) is 118 Å². The van der Waals surface area contributed by atoms with Crippen molar-refractivity contribution in [3.05, 3.63) is 156 Å². The first-order chi connectivity index (χ1) is 22.5. The van der Waals surface area contributed by atoms with E-state index in [-0.39, 0.29) is 24.3 Å². The summed E-state index contributed by atoms with van der Waals surface area (Å²) in [6.45, 7) is 2.10. The molecule has 228 valence electrons. The maximum Gasteiger partial charge on any atom is 0.338 e. The zero-order valence-electron chi connectivity index (χ0n) is 25.2. The van der Waals surface area contributed by atoms with Crippen LogP contribution in [0.25, 0.3) is 11.8 Å². The zero-order valence-corrected chi connectivity index (χ0v) is 26.0. The monoisotopic (exact) mass is 627 g/mol. The minimum atomic E-state index is -0.799. The second kappa shape index (κ2) is 13.5. The molecule has 46 heavy (non-hydrogen) atoms. The molecule has 0 fully saturated rings. The highest BCUT2D eigenvalue weighted by atomic mass is 32.1. The van der Waals surface area contributed by atoms with Crippen LogP contribution in [-0.2, 0) is 16.1 Å². The summed E-state index contributed by atoms with van der Waals surface area (Å²) in [5.41, 5.74) is 3.86. The molecule has 0 spiro atoms. The van der Waals surface area contributed by atoms with E-state index in [4.69, 9.17) is 19.2 Å². The van der Waals surface area contributed by atoms with Crippen molar-refractivity contribution in [2.45, 2.75) is 19.6 Å². The summed E-state index contributed by atoms with van der Waals surface area (Å²) in [5.74, 6) is 0.664. The van der Waals surface area contributed by atoms with Crippen molar-refractivity contribution in [3.63, 3.8) is 0 Å². The number of nitrogens with zero attached hydrogens (tertiary/aromatic N) is 3. The molecular weight excluding hydrogens is 598 g/mol. The van der Waals surface area contributed by atoms with Gasteiger partial charge in [0.05, 0.1) is 47.2 Å². The van der Waals surface area contributed by atoms with E-state index in [2.05, 4.69) is 6.07 Å². The lowest BCUT2D eigenvalue weighted by Crippen LogP contribution is -2.40. The lowest BCUT2D eigenvalue weighted by atomic mass is 9.93. The third-order valence-corrected chi connectivity index (χ3v) is 8.51. The molecule has 0 aliphatic carbocycles. The van der Waals surface area contributed by atoms with E-state index in [1.807, 2.05) is 84.9 Å². The standard InChI is InChI=1S/C37H29N3O5S/c1-3-44-36(42)32-33(24-11-5-4-6-12-24)39-37-40(34(32)25-17-19-29(43-2)20-18-25)35(41)31(46-37)21-26-13-9-10-16-30(26)45-23-28-15-8-7-14-27(28)22-38/h4-21,34H,3,23H2,1-2H3/b31-21-/t34-/m0/s1. The average molecular weight is 628 g/mol. The van der Waals surface area contributed by atoms with Crippen LogP contribution in [0.2, 0.25) is 0 Å². The number of nitriles is 1. The van der Waals surface area contributed by atoms with Crippen LogP contribution in [0.1, 0.15) is 40.8 Å². The van der Waals surface area contributed by atoms with Gasteiger partial charge in [0.25, 0.3) is 5.56 Å². The van der Waals surface area contributed by atoms with Crippen molar-refractivity contribution >= 4 is 29.1 Å². The van der Waals surface area contributed by atoms with Gasteiger partial charge in [-0.2, -0.15) is 5.26 Å². The van der Waals surface area contributed by atoms with E-state index in [1.54, 1.807) is 42.9 Å². The molecule has 0 saturated carbocycles. The minimum Gasteiger partial charge on any atom is -0.497 e. The summed E-state index contributed by atoms with van der Waals surface area (Å²) in [6.07, 6.45) is 1.77. The Kier molecular flexibility index (Phi) is 8.90. The van der Waals surface area contributed by atoms with Gasteiger partial charge in [-0.1, -0.05) is 90.2 Å². The number of methoxy groups -OCH3 is 1. The van der Waals surface area contributed by atoms with E-state index in [1.165, 1.54) is 11.3 Å². The summed E-state index contributed by atoms with van der Waals surface area (Å²) in [5, 5.41) is 9.49. The fraction of sp³-hybridized carbons (Fsp3) is 0.135. The maximum absolute atomic E-state index is 14.3. The second-order valence-corrected chi connectivity index (χ2v) is 11.3. The third-order valence-electron chi connectivity index (χ3n) is 7.53. The van der Waals surface area contributed by atoms with Gasteiger partial charge in [0.1, 0.15) is 18.1 Å². The van der Waals surface area contributed by atoms with Gasteiger partial charge < -0.3 is 14.2 Å². The largest absolute Gasteiger partial charge is 0.497 e. The number of carbonyl (C=O) groups excluding carboxylic acids is 1. The predicted molar refractivity (Wildman–Crippen MR) is 176 cm³/mol. The Morgan fingerprint density at radius 2 is 1.70 bits per heavy atom. The van der Waals surface area contributed by atoms with Crippen molar-refractivity contribution in [3.8, 4) is 17.6 Å². The number of benzene rings is 4. The van der Waals surface area contributed by atoms with Crippen molar-refractivity contribution in [1.29, 1.82) is 5.26 Å². The van der Waals surface area contributed by atoms with E-state index in [0.717, 1.165) is 11.1 Å². The lowest BCUT2D eigenvalue weighted by molar-refractivity contribution is -0.138. The van der Waals surface area contributed by atoms with Crippen LogP contribution in [0, 0.1) is 11.3 Å². The molecule has 2 heterocycles. The molecule has 0 radical (unpaired) electrons. The number of rotatable bonds is 9. The molecule has 0 N–H and O–H groups in total. The average Bonchev–Trinajstić information content (AvgIpc) is 3.41. The molecule has 1 atom stereocenters. The fourth-order valence-corrected chi connectivity index (χ4v) is 6.32. The van der Waals surface area contributed by atoms with Crippen molar-refractivity contribution in [2.75, 3.05) is 13.7 Å². The fourth-order valence-electron chi connectivity index (χ4n) is 5.33. The van der Waals surface area contributed by atoms with Gasteiger partial charge in [-0.3, -0.25) is 9.36 Å². The summed E-state index contributed by atoms with van der Waals surface area (Å²) >= 11 is 1.24. The summed E-state index contributed by atoms with van der Waals surface area (Å²) < 4.78 is 19.0. The van der Waals surface area contributed by atoms with Gasteiger partial charge in [-0.25, -0.2) is 9.79 Å². The van der Waals surface area contributed by atoms with Gasteiger partial charge in [0, 0.05) is 16.7 Å². The van der Waals surface area contributed by atoms with E-state index in [0.29, 0.717) is 43.2 Å². The number of para-hydroxylation sites is 1. The summed E-state index contributed by atoms with van der Waals surface area (Å²) in [4.78, 5) is 33.3. The number of ether oxygens (including phenoxy) is 3. The molecule has 5 aromatic rings. The van der Waals surface area contributed by atoms with Crippen LogP contribution in [-0.4, -0.2) is 24.3 Å². The number of fused-ring (bicyclic) bond motifs is 1. The number of thiazole rings is 1. The molecule has 1 aromatic heterocycles. The smallest absolute Gasteiger partial charge is 0.338 e. The molecule has 0 bridgehead atoms. The topological polar surface area (TPSA) is 103 Å². The molecule has 8 nitrogen and oxygen atoms in total. The van der Waals surface area contributed by atoms with E-state index in [9.17, 15) is 14.9 Å². The third kappa shape index (κ3) is 5.99. The highest BCUT2D eigenvalue weighted by Crippen LogP contribution is 2.35. The first-order valence-corrected chi connectivity index (χ1v) is 15.5. The van der Waals surface area contributed by atoms with E-state index >= 15 is 0 Å². The lowest BCUT2D eigenvalue weighted by Gasteiger charge is -2.26. The number of aromatic nitrogens is 1. The molecule has 0 amide bonds. The van der Waals surface area contributed by atoms with Crippen LogP contribution in [0.3, 0.4) is 0 Å². The molecule has 1 aliphatic heterocycles. The SMILES string of the molecule is CCOC(=O)C1=C(c2ccccc2)N=c2s/c(=C\c3ccccc3OCc3ccccc3C#N)c(=O)n2[C@H]1c1ccc(OC)cc1.